The molecule has 0 aliphatic heterocycles. The lowest BCUT2D eigenvalue weighted by atomic mass is 10.2. The van der Waals surface area contributed by atoms with Crippen molar-refractivity contribution >= 4 is 37.5 Å². The first-order valence-electron chi connectivity index (χ1n) is 6.45. The van der Waals surface area contributed by atoms with Gasteiger partial charge in [-0.3, -0.25) is 4.72 Å². The number of nitrogens with one attached hydrogen (secondary N) is 1. The minimum Gasteiger partial charge on any atom is -0.265 e. The van der Waals surface area contributed by atoms with Crippen LogP contribution in [0.15, 0.2) is 53.4 Å². The molecule has 0 unspecified atom stereocenters. The monoisotopic (exact) mass is 319 g/mol. The van der Waals surface area contributed by atoms with Gasteiger partial charge in [0.05, 0.1) is 10.3 Å². The van der Waals surface area contributed by atoms with E-state index >= 15 is 0 Å². The molecule has 0 amide bonds. The number of hydrogen-bond donors (Lipinski definition) is 1. The van der Waals surface area contributed by atoms with Gasteiger partial charge in [0.2, 0.25) is 5.52 Å². The Balaban J connectivity index is 2.03. The molecule has 0 atom stereocenters. The third-order valence-electron chi connectivity index (χ3n) is 3.27. The molecule has 0 saturated carbocycles. The molecule has 4 nitrogen and oxygen atoms in total. The normalized spacial score (nSPS) is 11.7. The van der Waals surface area contributed by atoms with Crippen LogP contribution in [0.4, 0.5) is 5.00 Å². The van der Waals surface area contributed by atoms with E-state index in [1.165, 1.54) is 11.5 Å². The van der Waals surface area contributed by atoms with Crippen molar-refractivity contribution in [2.75, 3.05) is 4.72 Å². The van der Waals surface area contributed by atoms with Gasteiger partial charge in [0.1, 0.15) is 0 Å². The Kier molecular flexibility index (Phi) is 3.43. The molecule has 0 aliphatic carbocycles. The first-order valence-corrected chi connectivity index (χ1v) is 8.70. The summed E-state index contributed by atoms with van der Waals surface area (Å²) in [5, 5.41) is 1.54. The number of aryl methyl sites for hydroxylation is 2. The maximum absolute atomic E-state index is 12.5. The lowest BCUT2D eigenvalue weighted by molar-refractivity contribution is -0.573. The topological polar surface area (TPSA) is 50.1 Å². The second-order valence-corrected chi connectivity index (χ2v) is 7.67. The van der Waals surface area contributed by atoms with Crippen LogP contribution >= 0.6 is 11.5 Å². The molecule has 1 heterocycles. The second kappa shape index (κ2) is 5.13. The van der Waals surface area contributed by atoms with E-state index in [9.17, 15) is 8.42 Å². The quantitative estimate of drug-likeness (QED) is 0.755. The van der Waals surface area contributed by atoms with Gasteiger partial charge in [-0.2, -0.15) is 0 Å². The summed E-state index contributed by atoms with van der Waals surface area (Å²) in [5.74, 6) is 0. The summed E-state index contributed by atoms with van der Waals surface area (Å²) in [6.07, 6.45) is 0. The van der Waals surface area contributed by atoms with E-state index < -0.39 is 10.0 Å². The molecular weight excluding hydrogens is 304 g/mol. The number of fused-ring (bicyclic) bond motifs is 1. The summed E-state index contributed by atoms with van der Waals surface area (Å²) in [4.78, 5) is 0.272. The number of sulfonamides is 1. The van der Waals surface area contributed by atoms with Gasteiger partial charge >= 0.3 is 0 Å². The largest absolute Gasteiger partial charge is 0.265 e. The first kappa shape index (κ1) is 14.0. The second-order valence-electron chi connectivity index (χ2n) is 4.85. The molecule has 3 rings (SSSR count). The van der Waals surface area contributed by atoms with Gasteiger partial charge in [0, 0.05) is 6.07 Å². The van der Waals surface area contributed by atoms with Gasteiger partial charge in [-0.1, -0.05) is 29.8 Å². The summed E-state index contributed by atoms with van der Waals surface area (Å²) >= 11 is 1.38. The SMILES string of the molecule is Cc1ccc(S(=O)(=O)Nc2s[n+](C)c3ccccc23)cc1. The highest BCUT2D eigenvalue weighted by Crippen LogP contribution is 2.28. The molecule has 0 aliphatic rings. The zero-order valence-corrected chi connectivity index (χ0v) is 13.3. The highest BCUT2D eigenvalue weighted by Gasteiger charge is 2.21. The number of hydrogen-bond acceptors (Lipinski definition) is 3. The van der Waals surface area contributed by atoms with Gasteiger partial charge in [-0.25, -0.2) is 8.42 Å². The van der Waals surface area contributed by atoms with E-state index in [2.05, 4.69) is 4.72 Å². The van der Waals surface area contributed by atoms with Crippen LogP contribution in [0.2, 0.25) is 0 Å². The molecule has 1 N–H and O–H groups in total. The molecule has 0 fully saturated rings. The molecule has 3 aromatic rings. The highest BCUT2D eigenvalue weighted by molar-refractivity contribution is 7.93. The number of aromatic nitrogens is 1. The molecule has 108 valence electrons. The molecule has 0 spiro atoms. The summed E-state index contributed by atoms with van der Waals surface area (Å²) in [6, 6.07) is 14.5. The fraction of sp³-hybridized carbons (Fsp3) is 0.133. The van der Waals surface area contributed by atoms with Gasteiger partial charge in [-0.15, -0.1) is 3.96 Å². The van der Waals surface area contributed by atoms with Gasteiger partial charge < -0.3 is 0 Å². The van der Waals surface area contributed by atoms with Crippen molar-refractivity contribution in [1.82, 2.24) is 0 Å². The van der Waals surface area contributed by atoms with Crippen LogP contribution in [0.25, 0.3) is 10.9 Å². The summed E-state index contributed by atoms with van der Waals surface area (Å²) < 4.78 is 29.5. The smallest absolute Gasteiger partial charge is 0.262 e. The van der Waals surface area contributed by atoms with E-state index in [0.29, 0.717) is 5.00 Å². The summed E-state index contributed by atoms with van der Waals surface area (Å²) in [6.45, 7) is 1.93. The van der Waals surface area contributed by atoms with Crippen molar-refractivity contribution < 1.29 is 12.4 Å². The molecule has 1 aromatic heterocycles. The van der Waals surface area contributed by atoms with Crippen LogP contribution in [0.3, 0.4) is 0 Å². The molecule has 0 saturated heterocycles. The minimum absolute atomic E-state index is 0.272. The van der Waals surface area contributed by atoms with Crippen molar-refractivity contribution in [2.24, 2.45) is 7.05 Å². The third-order valence-corrected chi connectivity index (χ3v) is 5.74. The fourth-order valence-corrected chi connectivity index (χ4v) is 4.39. The lowest BCUT2D eigenvalue weighted by Crippen LogP contribution is -2.21. The van der Waals surface area contributed by atoms with E-state index in [0.717, 1.165) is 16.5 Å². The van der Waals surface area contributed by atoms with Crippen molar-refractivity contribution in [1.29, 1.82) is 0 Å². The first-order chi connectivity index (χ1) is 9.97. The highest BCUT2D eigenvalue weighted by atomic mass is 32.2. The summed E-state index contributed by atoms with van der Waals surface area (Å²) in [5.41, 5.74) is 2.03. The van der Waals surface area contributed by atoms with Crippen LogP contribution in [-0.4, -0.2) is 8.42 Å². The Hall–Kier alpha value is -1.92. The number of para-hydroxylation sites is 1. The van der Waals surface area contributed by atoms with Crippen molar-refractivity contribution in [3.05, 3.63) is 54.1 Å². The van der Waals surface area contributed by atoms with Crippen LogP contribution < -0.4 is 8.68 Å². The zero-order valence-electron chi connectivity index (χ0n) is 11.7. The Morgan fingerprint density at radius 3 is 2.43 bits per heavy atom. The zero-order chi connectivity index (χ0) is 15.0. The average Bonchev–Trinajstić information content (AvgIpc) is 2.76. The molecule has 21 heavy (non-hydrogen) atoms. The van der Waals surface area contributed by atoms with Gasteiger partial charge in [-0.05, 0) is 25.1 Å². The predicted molar refractivity (Wildman–Crippen MR) is 85.0 cm³/mol. The molecule has 0 radical (unpaired) electrons. The molecule has 2 aromatic carbocycles. The Morgan fingerprint density at radius 1 is 1.05 bits per heavy atom. The van der Waals surface area contributed by atoms with E-state index in [1.807, 2.05) is 42.2 Å². The minimum atomic E-state index is -3.56. The van der Waals surface area contributed by atoms with E-state index in [1.54, 1.807) is 24.3 Å². The standard InChI is InChI=1S/C15H14N2O2S2/c1-11-7-9-12(10-8-11)21(18,19)16-15-13-5-3-4-6-14(13)17(2)20-15/h3-10H,1-2H3/p+1. The lowest BCUT2D eigenvalue weighted by Gasteiger charge is -2.05. The van der Waals surface area contributed by atoms with Crippen LogP contribution in [-0.2, 0) is 17.1 Å². The van der Waals surface area contributed by atoms with Crippen molar-refractivity contribution in [3.8, 4) is 0 Å². The maximum Gasteiger partial charge on any atom is 0.262 e. The van der Waals surface area contributed by atoms with Gasteiger partial charge in [0.25, 0.3) is 10.0 Å². The number of benzene rings is 2. The Morgan fingerprint density at radius 2 is 1.71 bits per heavy atom. The maximum atomic E-state index is 12.5. The van der Waals surface area contributed by atoms with Crippen molar-refractivity contribution in [2.45, 2.75) is 11.8 Å². The van der Waals surface area contributed by atoms with Crippen LogP contribution in [0.5, 0.6) is 0 Å². The Bertz CT molecular complexity index is 897. The Labute approximate surface area is 127 Å². The summed E-state index contributed by atoms with van der Waals surface area (Å²) in [7, 11) is -1.65. The van der Waals surface area contributed by atoms with E-state index in [-0.39, 0.29) is 4.90 Å². The predicted octanol–water partition coefficient (Wildman–Crippen LogP) is 2.84. The number of rotatable bonds is 3. The fourth-order valence-electron chi connectivity index (χ4n) is 2.15. The van der Waals surface area contributed by atoms with Crippen LogP contribution in [0, 0.1) is 6.92 Å². The number of anilines is 1. The third kappa shape index (κ3) is 2.64. The molecule has 6 heteroatoms. The van der Waals surface area contributed by atoms with E-state index in [4.69, 9.17) is 0 Å². The average molecular weight is 319 g/mol. The van der Waals surface area contributed by atoms with Crippen molar-refractivity contribution in [3.63, 3.8) is 0 Å². The van der Waals surface area contributed by atoms with Crippen LogP contribution in [0.1, 0.15) is 5.56 Å². The molecular formula is C15H15N2O2S2+. The van der Waals surface area contributed by atoms with Gasteiger partial charge in [0.15, 0.2) is 23.6 Å². The number of nitrogens with zero attached hydrogens (tertiary/aromatic N) is 1. The molecule has 0 bridgehead atoms.